The maximum atomic E-state index is 12.5. The lowest BCUT2D eigenvalue weighted by molar-refractivity contribution is -0.272. The number of ether oxygens (including phenoxy) is 3. The SMILES string of the molecule is CCN1C[C@]2(COC)CC[C@H](O)[C@@]34[C@@H]5C[C@H]6[C@H](O)[C@@H]5[C@](O)(C[C@@H]6OC)C([C@H](OC)[C@H]23)[C@@H]14. The Labute approximate surface area is 185 Å². The Morgan fingerprint density at radius 1 is 1.10 bits per heavy atom. The number of likely N-dealkylation sites (tertiary alicyclic amines) is 1. The van der Waals surface area contributed by atoms with Crippen LogP contribution < -0.4 is 0 Å². The van der Waals surface area contributed by atoms with Gasteiger partial charge in [0.2, 0.25) is 0 Å². The summed E-state index contributed by atoms with van der Waals surface area (Å²) in [5, 5.41) is 35.7. The normalized spacial score (nSPS) is 61.6. The fourth-order valence-electron chi connectivity index (χ4n) is 10.7. The molecular formula is C24H39NO6. The zero-order valence-corrected chi connectivity index (χ0v) is 19.2. The van der Waals surface area contributed by atoms with Crippen molar-refractivity contribution in [3.8, 4) is 0 Å². The van der Waals surface area contributed by atoms with Gasteiger partial charge in [-0.2, -0.15) is 0 Å². The van der Waals surface area contributed by atoms with E-state index in [9.17, 15) is 15.3 Å². The predicted octanol–water partition coefficient (Wildman–Crippen LogP) is 0.502. The lowest BCUT2D eigenvalue weighted by Crippen LogP contribution is -2.76. The van der Waals surface area contributed by atoms with E-state index >= 15 is 0 Å². The molecule has 6 aliphatic rings. The lowest BCUT2D eigenvalue weighted by atomic mass is 9.43. The standard InChI is InChI=1S/C24H39NO6/c1-5-25-10-22(11-29-2)7-6-15(26)24-13-8-12-14(30-3)9-23(28,16(13)18(12)27)17(21(24)25)19(31-4)20(22)24/h12-21,26-28H,5-11H2,1-4H3/t12-,13-,14+,15+,16-,17?,18+,19+,20-,21-,22+,23-,24+/m1/s1. The van der Waals surface area contributed by atoms with Gasteiger partial charge in [0.1, 0.15) is 0 Å². The van der Waals surface area contributed by atoms with Gasteiger partial charge in [-0.3, -0.25) is 4.90 Å². The minimum Gasteiger partial charge on any atom is -0.392 e. The maximum absolute atomic E-state index is 12.5. The molecule has 7 nitrogen and oxygen atoms in total. The quantitative estimate of drug-likeness (QED) is 0.577. The number of methoxy groups -OCH3 is 3. The van der Waals surface area contributed by atoms with E-state index in [4.69, 9.17) is 14.2 Å². The first kappa shape index (κ1) is 21.3. The molecular weight excluding hydrogens is 398 g/mol. The summed E-state index contributed by atoms with van der Waals surface area (Å²) in [7, 11) is 5.24. The van der Waals surface area contributed by atoms with E-state index in [2.05, 4.69) is 11.8 Å². The fraction of sp³-hybridized carbons (Fsp3) is 1.00. The average Bonchev–Trinajstić information content (AvgIpc) is 3.16. The molecule has 0 radical (unpaired) electrons. The van der Waals surface area contributed by atoms with E-state index in [1.54, 1.807) is 21.3 Å². The summed E-state index contributed by atoms with van der Waals surface area (Å²) in [5.41, 5.74) is -1.54. The molecule has 5 saturated carbocycles. The fourth-order valence-corrected chi connectivity index (χ4v) is 10.7. The summed E-state index contributed by atoms with van der Waals surface area (Å²) < 4.78 is 18.0. The number of aliphatic hydroxyl groups excluding tert-OH is 2. The third-order valence-corrected chi connectivity index (χ3v) is 11.1. The number of fused-ring (bicyclic) bond motifs is 2. The smallest absolute Gasteiger partial charge is 0.0796 e. The van der Waals surface area contributed by atoms with Gasteiger partial charge < -0.3 is 29.5 Å². The second-order valence-corrected chi connectivity index (χ2v) is 11.6. The van der Waals surface area contributed by atoms with E-state index in [0.29, 0.717) is 13.0 Å². The molecule has 1 aliphatic heterocycles. The molecule has 176 valence electrons. The van der Waals surface area contributed by atoms with E-state index in [1.807, 2.05) is 0 Å². The van der Waals surface area contributed by atoms with Crippen LogP contribution in [-0.4, -0.2) is 97.3 Å². The summed E-state index contributed by atoms with van der Waals surface area (Å²) in [4.78, 5) is 2.52. The van der Waals surface area contributed by atoms with Gasteiger partial charge in [0.25, 0.3) is 0 Å². The number of hydrogen-bond acceptors (Lipinski definition) is 7. The van der Waals surface area contributed by atoms with Crippen molar-refractivity contribution in [3.05, 3.63) is 0 Å². The van der Waals surface area contributed by atoms with E-state index in [1.165, 1.54) is 0 Å². The Balaban J connectivity index is 1.62. The van der Waals surface area contributed by atoms with E-state index in [-0.39, 0.29) is 58.7 Å². The number of rotatable bonds is 5. The van der Waals surface area contributed by atoms with Gasteiger partial charge in [0, 0.05) is 74.8 Å². The Morgan fingerprint density at radius 3 is 2.52 bits per heavy atom. The Morgan fingerprint density at radius 2 is 1.87 bits per heavy atom. The third kappa shape index (κ3) is 2.12. The molecule has 0 aromatic carbocycles. The summed E-state index contributed by atoms with van der Waals surface area (Å²) >= 11 is 0. The largest absolute Gasteiger partial charge is 0.392 e. The van der Waals surface area contributed by atoms with Crippen LogP contribution in [0.3, 0.4) is 0 Å². The molecule has 1 spiro atoms. The Hall–Kier alpha value is -0.280. The molecule has 6 fully saturated rings. The number of nitrogens with zero attached hydrogens (tertiary/aromatic N) is 1. The van der Waals surface area contributed by atoms with Crippen LogP contribution in [0.5, 0.6) is 0 Å². The van der Waals surface area contributed by atoms with Gasteiger partial charge in [-0.25, -0.2) is 0 Å². The van der Waals surface area contributed by atoms with Crippen molar-refractivity contribution >= 4 is 0 Å². The van der Waals surface area contributed by atoms with Crippen LogP contribution in [0, 0.1) is 40.4 Å². The topological polar surface area (TPSA) is 91.6 Å². The molecule has 1 unspecified atom stereocenters. The Bertz CT molecular complexity index is 752. The summed E-state index contributed by atoms with van der Waals surface area (Å²) in [6.45, 7) is 4.63. The Kier molecular flexibility index (Phi) is 4.56. The van der Waals surface area contributed by atoms with Crippen LogP contribution in [0.2, 0.25) is 0 Å². The van der Waals surface area contributed by atoms with E-state index in [0.717, 1.165) is 32.4 Å². The average molecular weight is 438 g/mol. The zero-order chi connectivity index (χ0) is 21.9. The zero-order valence-electron chi connectivity index (χ0n) is 19.2. The molecule has 6 rings (SSSR count). The van der Waals surface area contributed by atoms with Gasteiger partial charge in [0.05, 0.1) is 36.6 Å². The minimum atomic E-state index is -1.05. The maximum Gasteiger partial charge on any atom is 0.0796 e. The minimum absolute atomic E-state index is 0.0248. The second kappa shape index (κ2) is 6.65. The summed E-state index contributed by atoms with van der Waals surface area (Å²) in [6.07, 6.45) is 1.65. The molecule has 1 saturated heterocycles. The van der Waals surface area contributed by atoms with E-state index < -0.39 is 17.8 Å². The van der Waals surface area contributed by atoms with Crippen molar-refractivity contribution in [3.63, 3.8) is 0 Å². The highest BCUT2D eigenvalue weighted by Crippen LogP contribution is 2.79. The molecule has 7 heteroatoms. The van der Waals surface area contributed by atoms with Gasteiger partial charge >= 0.3 is 0 Å². The molecule has 0 aromatic rings. The molecule has 7 bridgehead atoms. The highest BCUT2D eigenvalue weighted by molar-refractivity contribution is 5.35. The van der Waals surface area contributed by atoms with Crippen molar-refractivity contribution in [1.29, 1.82) is 0 Å². The summed E-state index contributed by atoms with van der Waals surface area (Å²) in [5.74, 6) is -0.168. The van der Waals surface area contributed by atoms with Crippen LogP contribution in [0.25, 0.3) is 0 Å². The molecule has 31 heavy (non-hydrogen) atoms. The molecule has 3 N–H and O–H groups in total. The van der Waals surface area contributed by atoms with Crippen molar-refractivity contribution in [2.45, 2.75) is 68.7 Å². The van der Waals surface area contributed by atoms with Crippen LogP contribution >= 0.6 is 0 Å². The number of aliphatic hydroxyl groups is 3. The summed E-state index contributed by atoms with van der Waals surface area (Å²) in [6, 6.07) is 0.0561. The molecule has 1 heterocycles. The highest BCUT2D eigenvalue weighted by Gasteiger charge is 2.86. The van der Waals surface area contributed by atoms with Crippen molar-refractivity contribution < 1.29 is 29.5 Å². The van der Waals surface area contributed by atoms with Crippen LogP contribution in [0.4, 0.5) is 0 Å². The van der Waals surface area contributed by atoms with Crippen molar-refractivity contribution in [1.82, 2.24) is 4.90 Å². The lowest BCUT2D eigenvalue weighted by Gasteiger charge is -2.68. The first-order valence-electron chi connectivity index (χ1n) is 12.2. The van der Waals surface area contributed by atoms with Crippen molar-refractivity contribution in [2.75, 3.05) is 41.0 Å². The second-order valence-electron chi connectivity index (χ2n) is 11.6. The first-order chi connectivity index (χ1) is 14.9. The van der Waals surface area contributed by atoms with Gasteiger partial charge in [-0.05, 0) is 31.7 Å². The van der Waals surface area contributed by atoms with Gasteiger partial charge in [-0.1, -0.05) is 6.92 Å². The highest BCUT2D eigenvalue weighted by atomic mass is 16.5. The van der Waals surface area contributed by atoms with Gasteiger partial charge in [-0.15, -0.1) is 0 Å². The molecule has 5 aliphatic carbocycles. The molecule has 0 aromatic heterocycles. The number of hydrogen-bond donors (Lipinski definition) is 3. The third-order valence-electron chi connectivity index (χ3n) is 11.1. The van der Waals surface area contributed by atoms with Crippen LogP contribution in [-0.2, 0) is 14.2 Å². The number of piperidine rings is 1. The first-order valence-corrected chi connectivity index (χ1v) is 12.2. The monoisotopic (exact) mass is 437 g/mol. The molecule has 13 atom stereocenters. The van der Waals surface area contributed by atoms with Crippen LogP contribution in [0.1, 0.15) is 32.6 Å². The van der Waals surface area contributed by atoms with Crippen molar-refractivity contribution in [2.24, 2.45) is 40.4 Å². The van der Waals surface area contributed by atoms with Gasteiger partial charge in [0.15, 0.2) is 0 Å². The van der Waals surface area contributed by atoms with Crippen LogP contribution in [0.15, 0.2) is 0 Å². The predicted molar refractivity (Wildman–Crippen MR) is 112 cm³/mol. The molecule has 0 amide bonds.